The monoisotopic (exact) mass is 150 g/mol. The number of rotatable bonds is 2. The van der Waals surface area contributed by atoms with E-state index in [-0.39, 0.29) is 6.10 Å². The van der Waals surface area contributed by atoms with E-state index >= 15 is 0 Å². The maximum absolute atomic E-state index is 9.12. The Bertz CT molecular complexity index is 199. The molecule has 2 unspecified atom stereocenters. The van der Waals surface area contributed by atoms with E-state index in [1.165, 1.54) is 0 Å². The van der Waals surface area contributed by atoms with E-state index in [1.54, 1.807) is 6.92 Å². The van der Waals surface area contributed by atoms with Gasteiger partial charge in [-0.1, -0.05) is 30.9 Å². The van der Waals surface area contributed by atoms with Crippen LogP contribution in [0.3, 0.4) is 0 Å². The number of allylic oxidation sites excluding steroid dienone is 5. The van der Waals surface area contributed by atoms with Crippen LogP contribution < -0.4 is 0 Å². The fourth-order valence-electron chi connectivity index (χ4n) is 1.22. The molecule has 0 bridgehead atoms. The molecule has 0 aliphatic heterocycles. The smallest absolute Gasteiger partial charge is 0.0520 e. The van der Waals surface area contributed by atoms with Gasteiger partial charge in [0.15, 0.2) is 0 Å². The van der Waals surface area contributed by atoms with Gasteiger partial charge >= 0.3 is 0 Å². The minimum Gasteiger partial charge on any atom is -0.393 e. The van der Waals surface area contributed by atoms with Crippen molar-refractivity contribution in [1.82, 2.24) is 0 Å². The lowest BCUT2D eigenvalue weighted by molar-refractivity contribution is 0.175. The zero-order valence-electron chi connectivity index (χ0n) is 6.83. The van der Waals surface area contributed by atoms with E-state index < -0.39 is 0 Å². The highest BCUT2D eigenvalue weighted by molar-refractivity contribution is 5.30. The van der Waals surface area contributed by atoms with Crippen LogP contribution in [0.15, 0.2) is 36.5 Å². The molecule has 1 nitrogen and oxygen atoms in total. The summed E-state index contributed by atoms with van der Waals surface area (Å²) in [6.45, 7) is 5.70. The number of hydrogen-bond donors (Lipinski definition) is 1. The average molecular weight is 150 g/mol. The standard InChI is InChI=1S/C10H14O/c1-8-5-3-4-6-10(8)7-9(2)11/h3-6,9-11H,1,7H2,2H3. The third-order valence-corrected chi connectivity index (χ3v) is 1.84. The van der Waals surface area contributed by atoms with Crippen molar-refractivity contribution in [3.8, 4) is 0 Å². The van der Waals surface area contributed by atoms with Gasteiger partial charge in [-0.25, -0.2) is 0 Å². The molecule has 0 spiro atoms. The number of aliphatic hydroxyl groups is 1. The Morgan fingerprint density at radius 2 is 2.36 bits per heavy atom. The predicted octanol–water partition coefficient (Wildman–Crippen LogP) is 2.06. The third kappa shape index (κ3) is 2.35. The molecular weight excluding hydrogens is 136 g/mol. The van der Waals surface area contributed by atoms with Crippen LogP contribution in [0.4, 0.5) is 0 Å². The predicted molar refractivity (Wildman–Crippen MR) is 47.2 cm³/mol. The number of aliphatic hydroxyl groups excluding tert-OH is 1. The van der Waals surface area contributed by atoms with Crippen molar-refractivity contribution >= 4 is 0 Å². The van der Waals surface area contributed by atoms with Crippen molar-refractivity contribution < 1.29 is 5.11 Å². The van der Waals surface area contributed by atoms with E-state index in [0.717, 1.165) is 12.0 Å². The van der Waals surface area contributed by atoms with E-state index in [2.05, 4.69) is 12.7 Å². The van der Waals surface area contributed by atoms with Gasteiger partial charge in [0.25, 0.3) is 0 Å². The first-order chi connectivity index (χ1) is 5.20. The highest BCUT2D eigenvalue weighted by atomic mass is 16.3. The normalized spacial score (nSPS) is 25.6. The molecule has 2 atom stereocenters. The molecule has 1 rings (SSSR count). The topological polar surface area (TPSA) is 20.2 Å². The fourth-order valence-corrected chi connectivity index (χ4v) is 1.22. The quantitative estimate of drug-likeness (QED) is 0.638. The summed E-state index contributed by atoms with van der Waals surface area (Å²) in [4.78, 5) is 0. The van der Waals surface area contributed by atoms with Crippen LogP contribution in [-0.2, 0) is 0 Å². The average Bonchev–Trinajstić information content (AvgIpc) is 1.93. The third-order valence-electron chi connectivity index (χ3n) is 1.84. The Balaban J connectivity index is 2.52. The van der Waals surface area contributed by atoms with Crippen LogP contribution in [0.1, 0.15) is 13.3 Å². The van der Waals surface area contributed by atoms with Crippen molar-refractivity contribution in [3.05, 3.63) is 36.5 Å². The lowest BCUT2D eigenvalue weighted by Crippen LogP contribution is -2.10. The molecular formula is C10H14O. The summed E-state index contributed by atoms with van der Waals surface area (Å²) in [5, 5.41) is 9.12. The molecule has 60 valence electrons. The van der Waals surface area contributed by atoms with Gasteiger partial charge in [0.1, 0.15) is 0 Å². The summed E-state index contributed by atoms with van der Waals surface area (Å²) in [5.74, 6) is 0.333. The van der Waals surface area contributed by atoms with Gasteiger partial charge in [0.05, 0.1) is 6.10 Å². The maximum Gasteiger partial charge on any atom is 0.0520 e. The van der Waals surface area contributed by atoms with E-state index in [1.807, 2.05) is 18.2 Å². The van der Waals surface area contributed by atoms with Crippen molar-refractivity contribution in [1.29, 1.82) is 0 Å². The highest BCUT2D eigenvalue weighted by Gasteiger charge is 2.11. The molecule has 0 amide bonds. The molecule has 11 heavy (non-hydrogen) atoms. The largest absolute Gasteiger partial charge is 0.393 e. The zero-order valence-corrected chi connectivity index (χ0v) is 6.83. The molecule has 1 heteroatoms. The molecule has 0 radical (unpaired) electrons. The van der Waals surface area contributed by atoms with Crippen LogP contribution in [0, 0.1) is 5.92 Å². The van der Waals surface area contributed by atoms with Gasteiger partial charge in [-0.15, -0.1) is 0 Å². The van der Waals surface area contributed by atoms with Gasteiger partial charge in [-0.3, -0.25) is 0 Å². The summed E-state index contributed by atoms with van der Waals surface area (Å²) < 4.78 is 0. The molecule has 0 saturated heterocycles. The molecule has 0 saturated carbocycles. The first kappa shape index (κ1) is 8.28. The Labute approximate surface area is 67.7 Å². The van der Waals surface area contributed by atoms with Gasteiger partial charge in [-0.2, -0.15) is 0 Å². The van der Waals surface area contributed by atoms with Crippen molar-refractivity contribution in [2.45, 2.75) is 19.4 Å². The molecule has 1 aliphatic carbocycles. The van der Waals surface area contributed by atoms with Crippen molar-refractivity contribution in [2.75, 3.05) is 0 Å². The Morgan fingerprint density at radius 1 is 1.64 bits per heavy atom. The van der Waals surface area contributed by atoms with Crippen molar-refractivity contribution in [3.63, 3.8) is 0 Å². The molecule has 1 N–H and O–H groups in total. The minimum atomic E-state index is -0.243. The minimum absolute atomic E-state index is 0.243. The first-order valence-corrected chi connectivity index (χ1v) is 3.92. The second-order valence-electron chi connectivity index (χ2n) is 3.01. The molecule has 0 heterocycles. The molecule has 0 aromatic heterocycles. The lowest BCUT2D eigenvalue weighted by Gasteiger charge is -2.16. The second kappa shape index (κ2) is 3.54. The van der Waals surface area contributed by atoms with E-state index in [0.29, 0.717) is 5.92 Å². The second-order valence-corrected chi connectivity index (χ2v) is 3.01. The summed E-state index contributed by atoms with van der Waals surface area (Å²) in [6.07, 6.45) is 8.58. The van der Waals surface area contributed by atoms with Crippen LogP contribution in [0.5, 0.6) is 0 Å². The van der Waals surface area contributed by atoms with Crippen LogP contribution in [0.25, 0.3) is 0 Å². The Kier molecular flexibility index (Phi) is 2.66. The number of hydrogen-bond acceptors (Lipinski definition) is 1. The van der Waals surface area contributed by atoms with E-state index in [4.69, 9.17) is 5.11 Å². The summed E-state index contributed by atoms with van der Waals surface area (Å²) >= 11 is 0. The van der Waals surface area contributed by atoms with Gasteiger partial charge in [-0.05, 0) is 18.9 Å². The molecule has 0 fully saturated rings. The summed E-state index contributed by atoms with van der Waals surface area (Å²) in [6, 6.07) is 0. The lowest BCUT2D eigenvalue weighted by atomic mass is 9.91. The molecule has 0 aromatic carbocycles. The van der Waals surface area contributed by atoms with Crippen LogP contribution in [0.2, 0.25) is 0 Å². The first-order valence-electron chi connectivity index (χ1n) is 3.92. The molecule has 0 aromatic rings. The highest BCUT2D eigenvalue weighted by Crippen LogP contribution is 2.21. The van der Waals surface area contributed by atoms with Crippen LogP contribution >= 0.6 is 0 Å². The summed E-state index contributed by atoms with van der Waals surface area (Å²) in [5.41, 5.74) is 1.09. The van der Waals surface area contributed by atoms with Crippen LogP contribution in [-0.4, -0.2) is 11.2 Å². The summed E-state index contributed by atoms with van der Waals surface area (Å²) in [7, 11) is 0. The Morgan fingerprint density at radius 3 is 2.91 bits per heavy atom. The van der Waals surface area contributed by atoms with Gasteiger partial charge < -0.3 is 5.11 Å². The van der Waals surface area contributed by atoms with Crippen molar-refractivity contribution in [2.24, 2.45) is 5.92 Å². The maximum atomic E-state index is 9.12. The fraction of sp³-hybridized carbons (Fsp3) is 0.400. The van der Waals surface area contributed by atoms with Gasteiger partial charge in [0, 0.05) is 5.92 Å². The zero-order chi connectivity index (χ0) is 8.27. The Hall–Kier alpha value is -0.820. The molecule has 1 aliphatic rings. The van der Waals surface area contributed by atoms with Gasteiger partial charge in [0.2, 0.25) is 0 Å². The van der Waals surface area contributed by atoms with E-state index in [9.17, 15) is 0 Å². The SMILES string of the molecule is C=C1C=CC=CC1CC(C)O.